The number of carbonyl (C=O) groups excluding carboxylic acids is 2. The number of nitrogens with one attached hydrogen (secondary N) is 1. The van der Waals surface area contributed by atoms with Crippen LogP contribution < -0.4 is 5.32 Å². The maximum Gasteiger partial charge on any atom is 0.391 e. The summed E-state index contributed by atoms with van der Waals surface area (Å²) in [6.07, 6.45) is -3.19. The summed E-state index contributed by atoms with van der Waals surface area (Å²) in [7, 11) is 0. The number of thiazole rings is 1. The molecule has 1 saturated heterocycles. The first-order valence-corrected chi connectivity index (χ1v) is 14.6. The van der Waals surface area contributed by atoms with Crippen molar-refractivity contribution in [2.45, 2.75) is 44.3 Å². The smallest absolute Gasteiger partial charge is 0.332 e. The average molecular weight is 581 g/mol. The Labute approximate surface area is 231 Å². The highest BCUT2D eigenvalue weighted by Gasteiger charge is 2.42. The predicted molar refractivity (Wildman–Crippen MR) is 143 cm³/mol. The van der Waals surface area contributed by atoms with Crippen molar-refractivity contribution in [3.05, 3.63) is 58.2 Å². The van der Waals surface area contributed by atoms with Gasteiger partial charge < -0.3 is 4.90 Å². The Kier molecular flexibility index (Phi) is 8.34. The van der Waals surface area contributed by atoms with Crippen molar-refractivity contribution in [1.29, 1.82) is 0 Å². The predicted octanol–water partition coefficient (Wildman–Crippen LogP) is 6.13. The highest BCUT2D eigenvalue weighted by Crippen LogP contribution is 2.43. The molecule has 3 aromatic rings. The lowest BCUT2D eigenvalue weighted by atomic mass is 9.80. The minimum atomic E-state index is -4.16. The molecule has 1 aliphatic heterocycles. The van der Waals surface area contributed by atoms with Crippen LogP contribution in [0.5, 0.6) is 0 Å². The Balaban J connectivity index is 1.08. The molecular formula is C27H28F4N4O2S2. The van der Waals surface area contributed by atoms with Crippen LogP contribution in [0.15, 0.2) is 41.8 Å². The number of amides is 2. The fourth-order valence-corrected chi connectivity index (χ4v) is 7.00. The minimum Gasteiger partial charge on any atom is -0.332 e. The van der Waals surface area contributed by atoms with Crippen LogP contribution in [-0.2, 0) is 16.1 Å². The van der Waals surface area contributed by atoms with Crippen molar-refractivity contribution < 1.29 is 27.2 Å². The van der Waals surface area contributed by atoms with Crippen LogP contribution in [0.3, 0.4) is 0 Å². The summed E-state index contributed by atoms with van der Waals surface area (Å²) in [4.78, 5) is 35.4. The van der Waals surface area contributed by atoms with Gasteiger partial charge in [-0.25, -0.2) is 9.37 Å². The molecule has 0 radical (unpaired) electrons. The number of nitrogens with zero attached hydrogens (tertiary/aromatic N) is 3. The fraction of sp³-hybridized carbons (Fsp3) is 0.444. The maximum absolute atomic E-state index is 14.1. The molecule has 0 bridgehead atoms. The molecule has 1 aromatic carbocycles. The first kappa shape index (κ1) is 27.7. The zero-order chi connectivity index (χ0) is 27.6. The lowest BCUT2D eigenvalue weighted by Crippen LogP contribution is -2.51. The van der Waals surface area contributed by atoms with Crippen LogP contribution in [-0.4, -0.2) is 59.0 Å². The second-order valence-corrected chi connectivity index (χ2v) is 12.0. The molecule has 3 heterocycles. The Hall–Kier alpha value is -2.83. The van der Waals surface area contributed by atoms with Gasteiger partial charge in [0.25, 0.3) is 0 Å². The number of piperazine rings is 1. The molecule has 5 rings (SSSR count). The average Bonchev–Trinajstić information content (AvgIpc) is 3.58. The minimum absolute atomic E-state index is 0.0691. The first-order chi connectivity index (χ1) is 18.7. The van der Waals surface area contributed by atoms with Gasteiger partial charge in [0, 0.05) is 59.3 Å². The fourth-order valence-electron chi connectivity index (χ4n) is 5.14. The van der Waals surface area contributed by atoms with Gasteiger partial charge in [-0.3, -0.25) is 19.8 Å². The van der Waals surface area contributed by atoms with Gasteiger partial charge in [0.1, 0.15) is 5.82 Å². The molecule has 2 aliphatic rings. The van der Waals surface area contributed by atoms with Crippen LogP contribution in [0.25, 0.3) is 10.4 Å². The van der Waals surface area contributed by atoms with E-state index >= 15 is 0 Å². The van der Waals surface area contributed by atoms with E-state index in [1.807, 2.05) is 18.2 Å². The van der Waals surface area contributed by atoms with E-state index in [0.29, 0.717) is 56.8 Å². The Morgan fingerprint density at radius 2 is 1.72 bits per heavy atom. The summed E-state index contributed by atoms with van der Waals surface area (Å²) >= 11 is 2.72. The number of carbonyl (C=O) groups is 2. The molecule has 12 heteroatoms. The van der Waals surface area contributed by atoms with Gasteiger partial charge in [-0.15, -0.1) is 22.7 Å². The van der Waals surface area contributed by atoms with Crippen LogP contribution in [0.2, 0.25) is 0 Å². The Bertz CT molecular complexity index is 1310. The molecule has 6 nitrogen and oxygen atoms in total. The maximum atomic E-state index is 14.1. The third kappa shape index (κ3) is 6.67. The Morgan fingerprint density at radius 3 is 2.41 bits per heavy atom. The van der Waals surface area contributed by atoms with Gasteiger partial charge in [-0.05, 0) is 43.9 Å². The number of hydrogen-bond donors (Lipinski definition) is 1. The van der Waals surface area contributed by atoms with E-state index in [9.17, 15) is 27.2 Å². The van der Waals surface area contributed by atoms with Gasteiger partial charge in [-0.2, -0.15) is 13.2 Å². The number of halogens is 4. The highest BCUT2D eigenvalue weighted by atomic mass is 32.1. The van der Waals surface area contributed by atoms with E-state index < -0.39 is 23.9 Å². The summed E-state index contributed by atoms with van der Waals surface area (Å²) in [5, 5.41) is 4.59. The van der Waals surface area contributed by atoms with Crippen LogP contribution in [0.1, 0.15) is 42.2 Å². The molecule has 2 aromatic heterocycles. The number of alkyl halides is 3. The van der Waals surface area contributed by atoms with Crippen LogP contribution in [0.4, 0.5) is 22.7 Å². The summed E-state index contributed by atoms with van der Waals surface area (Å²) in [5.41, 5.74) is 1.25. The molecule has 1 aliphatic carbocycles. The summed E-state index contributed by atoms with van der Waals surface area (Å²) in [6.45, 7) is 2.70. The summed E-state index contributed by atoms with van der Waals surface area (Å²) in [6, 6.07) is 10.6. The molecule has 39 heavy (non-hydrogen) atoms. The van der Waals surface area contributed by atoms with Gasteiger partial charge in [0.2, 0.25) is 0 Å². The lowest BCUT2D eigenvalue weighted by molar-refractivity contribution is -0.182. The third-order valence-corrected chi connectivity index (χ3v) is 9.26. The number of benzene rings is 1. The van der Waals surface area contributed by atoms with Gasteiger partial charge in [0.15, 0.2) is 5.13 Å². The van der Waals surface area contributed by atoms with Crippen LogP contribution in [0, 0.1) is 11.7 Å². The normalized spacial score (nSPS) is 20.7. The van der Waals surface area contributed by atoms with E-state index in [1.165, 1.54) is 33.6 Å². The zero-order valence-corrected chi connectivity index (χ0v) is 22.7. The first-order valence-electron chi connectivity index (χ1n) is 12.9. The molecule has 0 spiro atoms. The molecule has 1 N–H and O–H groups in total. The van der Waals surface area contributed by atoms with E-state index in [1.54, 1.807) is 17.5 Å². The van der Waals surface area contributed by atoms with Crippen molar-refractivity contribution in [1.82, 2.24) is 14.8 Å². The second kappa shape index (κ2) is 11.7. The molecule has 0 unspecified atom stereocenters. The second-order valence-electron chi connectivity index (χ2n) is 9.94. The molecular weight excluding hydrogens is 552 g/mol. The van der Waals surface area contributed by atoms with Gasteiger partial charge >= 0.3 is 18.0 Å². The lowest BCUT2D eigenvalue weighted by Gasteiger charge is -2.34. The molecule has 0 atom stereocenters. The highest BCUT2D eigenvalue weighted by molar-refractivity contribution is 7.15. The topological polar surface area (TPSA) is 65.5 Å². The standard InChI is InChI=1S/C27H28F4N4O2S2/c28-21-4-2-1-3-20(21)23-10-9-19(39-23)15-34-11-13-35(14-12-34)25(37)24(36)33-26-32-22(16-38-26)17-5-7-18(8-6-17)27(29,30)31/h1-4,9-10,16-18H,5-8,11-15H2,(H,32,33,36). The number of anilines is 1. The van der Waals surface area contributed by atoms with Gasteiger partial charge in [0.05, 0.1) is 11.6 Å². The van der Waals surface area contributed by atoms with Gasteiger partial charge in [-0.1, -0.05) is 18.2 Å². The van der Waals surface area contributed by atoms with Crippen molar-refractivity contribution in [2.75, 3.05) is 31.5 Å². The van der Waals surface area contributed by atoms with E-state index in [-0.39, 0.29) is 29.7 Å². The molecule has 2 fully saturated rings. The SMILES string of the molecule is O=C(Nc1nc(C2CCC(C(F)(F)F)CC2)cs1)C(=O)N1CCN(Cc2ccc(-c3ccccc3F)s2)CC1. The molecule has 1 saturated carbocycles. The summed E-state index contributed by atoms with van der Waals surface area (Å²) in [5.74, 6) is -2.97. The Morgan fingerprint density at radius 1 is 1.00 bits per heavy atom. The van der Waals surface area contributed by atoms with E-state index in [4.69, 9.17) is 0 Å². The monoisotopic (exact) mass is 580 g/mol. The third-order valence-electron chi connectivity index (χ3n) is 7.38. The number of hydrogen-bond acceptors (Lipinski definition) is 6. The number of thiophene rings is 1. The molecule has 208 valence electrons. The van der Waals surface area contributed by atoms with E-state index in [2.05, 4.69) is 15.2 Å². The molecule has 2 amide bonds. The zero-order valence-electron chi connectivity index (χ0n) is 21.0. The van der Waals surface area contributed by atoms with Crippen molar-refractivity contribution >= 4 is 39.6 Å². The largest absolute Gasteiger partial charge is 0.391 e. The summed E-state index contributed by atoms with van der Waals surface area (Å²) < 4.78 is 52.9. The number of rotatable bonds is 5. The quantitative estimate of drug-likeness (QED) is 0.291. The van der Waals surface area contributed by atoms with Crippen molar-refractivity contribution in [3.63, 3.8) is 0 Å². The number of aromatic nitrogens is 1. The van der Waals surface area contributed by atoms with Crippen LogP contribution >= 0.6 is 22.7 Å². The van der Waals surface area contributed by atoms with Crippen molar-refractivity contribution in [3.8, 4) is 10.4 Å². The van der Waals surface area contributed by atoms with Crippen molar-refractivity contribution in [2.24, 2.45) is 5.92 Å². The van der Waals surface area contributed by atoms with E-state index in [0.717, 1.165) is 9.75 Å².